The fraction of sp³-hybridized carbons (Fsp3) is 0.304. The van der Waals surface area contributed by atoms with Crippen molar-refractivity contribution in [3.63, 3.8) is 0 Å². The number of H-pyrrole nitrogens is 1. The molecule has 0 saturated carbocycles. The van der Waals surface area contributed by atoms with Crippen LogP contribution in [0.25, 0.3) is 10.9 Å². The summed E-state index contributed by atoms with van der Waals surface area (Å²) in [7, 11) is 1.63. The number of aromatic nitrogens is 1. The SMILES string of the molecule is COc1ccc(CC(=O)N2CCC(C(=O)c3c[nH]c4ccccc34)CC2)cc1. The second-order valence-electron chi connectivity index (χ2n) is 7.29. The summed E-state index contributed by atoms with van der Waals surface area (Å²) in [4.78, 5) is 30.6. The van der Waals surface area contributed by atoms with Crippen LogP contribution in [-0.4, -0.2) is 41.8 Å². The van der Waals surface area contributed by atoms with Crippen LogP contribution in [0.4, 0.5) is 0 Å². The van der Waals surface area contributed by atoms with Crippen molar-refractivity contribution in [2.75, 3.05) is 20.2 Å². The minimum atomic E-state index is -0.0238. The average molecular weight is 376 g/mol. The van der Waals surface area contributed by atoms with Gasteiger partial charge in [0, 0.05) is 41.7 Å². The smallest absolute Gasteiger partial charge is 0.226 e. The van der Waals surface area contributed by atoms with Gasteiger partial charge in [0.2, 0.25) is 5.91 Å². The zero-order valence-corrected chi connectivity index (χ0v) is 16.0. The molecule has 0 spiro atoms. The van der Waals surface area contributed by atoms with E-state index in [4.69, 9.17) is 4.74 Å². The molecule has 1 saturated heterocycles. The van der Waals surface area contributed by atoms with Crippen molar-refractivity contribution >= 4 is 22.6 Å². The average Bonchev–Trinajstić information content (AvgIpc) is 3.18. The van der Waals surface area contributed by atoms with E-state index in [1.165, 1.54) is 0 Å². The third-order valence-electron chi connectivity index (χ3n) is 5.59. The third kappa shape index (κ3) is 3.65. The molecule has 28 heavy (non-hydrogen) atoms. The lowest BCUT2D eigenvalue weighted by Gasteiger charge is -2.31. The molecule has 1 aliphatic rings. The van der Waals surface area contributed by atoms with Crippen LogP contribution < -0.4 is 4.74 Å². The number of aromatic amines is 1. The number of para-hydroxylation sites is 1. The molecule has 5 heteroatoms. The van der Waals surface area contributed by atoms with Gasteiger partial charge in [-0.3, -0.25) is 9.59 Å². The number of hydrogen-bond acceptors (Lipinski definition) is 3. The fourth-order valence-corrected chi connectivity index (χ4v) is 3.92. The molecule has 2 aromatic carbocycles. The Morgan fingerprint density at radius 1 is 1.07 bits per heavy atom. The van der Waals surface area contributed by atoms with E-state index in [9.17, 15) is 9.59 Å². The van der Waals surface area contributed by atoms with Crippen LogP contribution in [0.5, 0.6) is 5.75 Å². The van der Waals surface area contributed by atoms with E-state index in [2.05, 4.69) is 4.98 Å². The molecule has 0 aliphatic carbocycles. The number of Topliss-reactive ketones (excluding diaryl/α,β-unsaturated/α-hetero) is 1. The van der Waals surface area contributed by atoms with Gasteiger partial charge in [-0.25, -0.2) is 0 Å². The Bertz CT molecular complexity index is 983. The molecule has 1 N–H and O–H groups in total. The second kappa shape index (κ2) is 7.89. The number of rotatable bonds is 5. The van der Waals surface area contributed by atoms with Crippen LogP contribution in [-0.2, 0) is 11.2 Å². The number of carbonyl (C=O) groups excluding carboxylic acids is 2. The predicted molar refractivity (Wildman–Crippen MR) is 109 cm³/mol. The van der Waals surface area contributed by atoms with Crippen LogP contribution >= 0.6 is 0 Å². The van der Waals surface area contributed by atoms with Crippen LogP contribution in [0.3, 0.4) is 0 Å². The van der Waals surface area contributed by atoms with Gasteiger partial charge in [0.05, 0.1) is 13.5 Å². The Hall–Kier alpha value is -3.08. The van der Waals surface area contributed by atoms with Crippen LogP contribution in [0.1, 0.15) is 28.8 Å². The van der Waals surface area contributed by atoms with Crippen molar-refractivity contribution in [1.29, 1.82) is 0 Å². The lowest BCUT2D eigenvalue weighted by atomic mass is 9.88. The summed E-state index contributed by atoms with van der Waals surface area (Å²) in [5, 5.41) is 0.977. The number of piperidine rings is 1. The number of methoxy groups -OCH3 is 1. The predicted octanol–water partition coefficient (Wildman–Crippen LogP) is 3.84. The minimum Gasteiger partial charge on any atom is -0.497 e. The van der Waals surface area contributed by atoms with Gasteiger partial charge in [-0.15, -0.1) is 0 Å². The molecule has 0 bridgehead atoms. The highest BCUT2D eigenvalue weighted by atomic mass is 16.5. The maximum absolute atomic E-state index is 13.0. The van der Waals surface area contributed by atoms with E-state index >= 15 is 0 Å². The molecule has 144 valence electrons. The highest BCUT2D eigenvalue weighted by molar-refractivity contribution is 6.08. The standard InChI is InChI=1S/C23H24N2O3/c1-28-18-8-6-16(7-9-18)14-22(26)25-12-10-17(11-13-25)23(27)20-15-24-21-5-3-2-4-19(20)21/h2-9,15,17,24H,10-14H2,1H3. The number of benzene rings is 2. The van der Waals surface area contributed by atoms with Crippen molar-refractivity contribution in [3.05, 3.63) is 65.9 Å². The molecule has 1 fully saturated rings. The molecule has 2 heterocycles. The second-order valence-corrected chi connectivity index (χ2v) is 7.29. The minimum absolute atomic E-state index is 0.0238. The van der Waals surface area contributed by atoms with Crippen molar-refractivity contribution in [1.82, 2.24) is 9.88 Å². The van der Waals surface area contributed by atoms with Gasteiger partial charge in [-0.1, -0.05) is 30.3 Å². The number of amides is 1. The van der Waals surface area contributed by atoms with Crippen LogP contribution in [0.2, 0.25) is 0 Å². The van der Waals surface area contributed by atoms with E-state index in [1.54, 1.807) is 7.11 Å². The highest BCUT2D eigenvalue weighted by Gasteiger charge is 2.29. The molecule has 0 atom stereocenters. The topological polar surface area (TPSA) is 62.4 Å². The van der Waals surface area contributed by atoms with Gasteiger partial charge in [-0.05, 0) is 36.6 Å². The highest BCUT2D eigenvalue weighted by Crippen LogP contribution is 2.26. The maximum atomic E-state index is 13.0. The van der Waals surface area contributed by atoms with Gasteiger partial charge >= 0.3 is 0 Å². The molecular formula is C23H24N2O3. The van der Waals surface area contributed by atoms with Gasteiger partial charge in [0.1, 0.15) is 5.75 Å². The molecule has 4 rings (SSSR count). The van der Waals surface area contributed by atoms with E-state index < -0.39 is 0 Å². The van der Waals surface area contributed by atoms with Crippen molar-refractivity contribution in [2.45, 2.75) is 19.3 Å². The summed E-state index contributed by atoms with van der Waals surface area (Å²) in [5.41, 5.74) is 2.72. The Morgan fingerprint density at radius 2 is 1.79 bits per heavy atom. The molecule has 5 nitrogen and oxygen atoms in total. The van der Waals surface area contributed by atoms with Gasteiger partial charge in [0.25, 0.3) is 0 Å². The zero-order chi connectivity index (χ0) is 19.5. The molecular weight excluding hydrogens is 352 g/mol. The number of fused-ring (bicyclic) bond motifs is 1. The summed E-state index contributed by atoms with van der Waals surface area (Å²) in [6.45, 7) is 1.27. The van der Waals surface area contributed by atoms with Crippen molar-refractivity contribution in [2.24, 2.45) is 5.92 Å². The first-order chi connectivity index (χ1) is 13.7. The number of carbonyl (C=O) groups is 2. The molecule has 1 aromatic heterocycles. The number of ketones is 1. The molecule has 0 unspecified atom stereocenters. The lowest BCUT2D eigenvalue weighted by molar-refractivity contribution is -0.131. The summed E-state index contributed by atoms with van der Waals surface area (Å²) in [6.07, 6.45) is 3.62. The molecule has 1 aliphatic heterocycles. The zero-order valence-electron chi connectivity index (χ0n) is 16.0. The van der Waals surface area contributed by atoms with Crippen molar-refractivity contribution < 1.29 is 14.3 Å². The number of likely N-dealkylation sites (tertiary alicyclic amines) is 1. The molecule has 0 radical (unpaired) electrons. The van der Waals surface area contributed by atoms with Crippen LogP contribution in [0.15, 0.2) is 54.7 Å². The Kier molecular flexibility index (Phi) is 5.15. The van der Waals surface area contributed by atoms with E-state index in [-0.39, 0.29) is 17.6 Å². The molecule has 3 aromatic rings. The van der Waals surface area contributed by atoms with Gasteiger partial charge < -0.3 is 14.6 Å². The first kappa shape index (κ1) is 18.3. The lowest BCUT2D eigenvalue weighted by Crippen LogP contribution is -2.41. The fourth-order valence-electron chi connectivity index (χ4n) is 3.92. The van der Waals surface area contributed by atoms with E-state index in [1.807, 2.05) is 59.6 Å². The first-order valence-electron chi connectivity index (χ1n) is 9.67. The van der Waals surface area contributed by atoms with Crippen molar-refractivity contribution in [3.8, 4) is 5.75 Å². The van der Waals surface area contributed by atoms with Crippen LogP contribution in [0, 0.1) is 5.92 Å². The summed E-state index contributed by atoms with van der Waals surface area (Å²) in [5.74, 6) is 1.06. The number of nitrogens with one attached hydrogen (secondary N) is 1. The van der Waals surface area contributed by atoms with E-state index in [0.717, 1.165) is 27.8 Å². The van der Waals surface area contributed by atoms with E-state index in [0.29, 0.717) is 32.4 Å². The number of hydrogen-bond donors (Lipinski definition) is 1. The number of nitrogens with zero attached hydrogens (tertiary/aromatic N) is 1. The summed E-state index contributed by atoms with van der Waals surface area (Å²) < 4.78 is 5.15. The Labute approximate surface area is 164 Å². The summed E-state index contributed by atoms with van der Waals surface area (Å²) >= 11 is 0. The largest absolute Gasteiger partial charge is 0.497 e. The Balaban J connectivity index is 1.36. The summed E-state index contributed by atoms with van der Waals surface area (Å²) in [6, 6.07) is 15.4. The quantitative estimate of drug-likeness (QED) is 0.688. The number of ether oxygens (including phenoxy) is 1. The monoisotopic (exact) mass is 376 g/mol. The third-order valence-corrected chi connectivity index (χ3v) is 5.59. The maximum Gasteiger partial charge on any atom is 0.226 e. The van der Waals surface area contributed by atoms with Gasteiger partial charge in [0.15, 0.2) is 5.78 Å². The Morgan fingerprint density at radius 3 is 2.50 bits per heavy atom. The van der Waals surface area contributed by atoms with Gasteiger partial charge in [-0.2, -0.15) is 0 Å². The molecule has 1 amide bonds. The first-order valence-corrected chi connectivity index (χ1v) is 9.67. The normalized spacial score (nSPS) is 15.0.